The highest BCUT2D eigenvalue weighted by Gasteiger charge is 2.31. The van der Waals surface area contributed by atoms with E-state index in [1.165, 1.54) is 24.3 Å². The van der Waals surface area contributed by atoms with E-state index in [1.807, 2.05) is 0 Å². The van der Waals surface area contributed by atoms with Crippen molar-refractivity contribution in [3.8, 4) is 16.9 Å². The van der Waals surface area contributed by atoms with Crippen molar-refractivity contribution in [2.45, 2.75) is 12.6 Å². The van der Waals surface area contributed by atoms with E-state index in [1.54, 1.807) is 0 Å². The Labute approximate surface area is 173 Å². The lowest BCUT2D eigenvalue weighted by atomic mass is 9.93. The lowest BCUT2D eigenvalue weighted by molar-refractivity contribution is -0.137. The summed E-state index contributed by atoms with van der Waals surface area (Å²) < 4.78 is 45.5. The molecule has 30 heavy (non-hydrogen) atoms. The minimum absolute atomic E-state index is 0.0827. The largest absolute Gasteiger partial charge is 0.485 e. The zero-order valence-corrected chi connectivity index (χ0v) is 16.2. The van der Waals surface area contributed by atoms with Gasteiger partial charge in [-0.1, -0.05) is 11.6 Å². The smallest absolute Gasteiger partial charge is 0.416 e. The topological polar surface area (TPSA) is 112 Å². The molecular formula is C20H17ClF3N3O3. The van der Waals surface area contributed by atoms with E-state index in [4.69, 9.17) is 27.5 Å². The maximum atomic E-state index is 13.3. The van der Waals surface area contributed by atoms with Crippen LogP contribution in [0.5, 0.6) is 5.75 Å². The number of pyridine rings is 1. The van der Waals surface area contributed by atoms with Crippen LogP contribution in [0.15, 0.2) is 41.2 Å². The first kappa shape index (κ1) is 21.7. The predicted molar refractivity (Wildman–Crippen MR) is 108 cm³/mol. The van der Waals surface area contributed by atoms with E-state index in [0.717, 1.165) is 12.1 Å². The second-order valence-electron chi connectivity index (χ2n) is 6.49. The van der Waals surface area contributed by atoms with Gasteiger partial charge < -0.3 is 20.6 Å². The van der Waals surface area contributed by atoms with Crippen molar-refractivity contribution in [1.29, 1.82) is 5.41 Å². The van der Waals surface area contributed by atoms with E-state index < -0.39 is 23.9 Å². The fourth-order valence-corrected chi connectivity index (χ4v) is 3.32. The first-order valence-electron chi connectivity index (χ1n) is 8.74. The van der Waals surface area contributed by atoms with Crippen molar-refractivity contribution in [3.63, 3.8) is 0 Å². The fraction of sp³-hybridized carbons (Fsp3) is 0.200. The molecule has 3 rings (SSSR count). The van der Waals surface area contributed by atoms with Crippen molar-refractivity contribution in [2.24, 2.45) is 5.73 Å². The second-order valence-corrected chi connectivity index (χ2v) is 6.93. The highest BCUT2D eigenvalue weighted by Crippen LogP contribution is 2.40. The van der Waals surface area contributed by atoms with Crippen LogP contribution >= 0.6 is 11.6 Å². The molecule has 5 N–H and O–H groups in total. The van der Waals surface area contributed by atoms with Gasteiger partial charge in [0.25, 0.3) is 5.56 Å². The summed E-state index contributed by atoms with van der Waals surface area (Å²) in [6.45, 7) is -0.663. The maximum Gasteiger partial charge on any atom is 0.416 e. The number of ether oxygens (including phenoxy) is 1. The number of benzene rings is 2. The number of aromatic nitrogens is 1. The van der Waals surface area contributed by atoms with Gasteiger partial charge in [0.2, 0.25) is 0 Å². The van der Waals surface area contributed by atoms with E-state index in [0.29, 0.717) is 0 Å². The molecule has 0 saturated heterocycles. The van der Waals surface area contributed by atoms with Gasteiger partial charge in [0.15, 0.2) is 0 Å². The second kappa shape index (κ2) is 8.37. The average molecular weight is 440 g/mol. The number of aliphatic hydroxyl groups excluding tert-OH is 1. The fourth-order valence-electron chi connectivity index (χ4n) is 3.15. The summed E-state index contributed by atoms with van der Waals surface area (Å²) in [4.78, 5) is 15.2. The van der Waals surface area contributed by atoms with Gasteiger partial charge in [-0.05, 0) is 36.4 Å². The Morgan fingerprint density at radius 1 is 1.23 bits per heavy atom. The molecule has 0 radical (unpaired) electrons. The molecule has 0 saturated carbocycles. The van der Waals surface area contributed by atoms with Gasteiger partial charge in [-0.2, -0.15) is 13.2 Å². The van der Waals surface area contributed by atoms with Gasteiger partial charge in [-0.3, -0.25) is 10.2 Å². The zero-order chi connectivity index (χ0) is 22.1. The Balaban J connectivity index is 2.40. The summed E-state index contributed by atoms with van der Waals surface area (Å²) in [5.41, 5.74) is 4.57. The van der Waals surface area contributed by atoms with E-state index in [-0.39, 0.29) is 57.2 Å². The monoisotopic (exact) mass is 439 g/mol. The number of hydrogen-bond acceptors (Lipinski definition) is 4. The molecule has 3 aromatic rings. The van der Waals surface area contributed by atoms with Crippen molar-refractivity contribution >= 4 is 28.3 Å². The lowest BCUT2D eigenvalue weighted by Crippen LogP contribution is -2.20. The van der Waals surface area contributed by atoms with Crippen LogP contribution < -0.4 is 16.0 Å². The SMILES string of the molecule is N=C(N)COc1ccc(Cl)cc1-c1c(CCO)c(=O)[nH]c2ccc(C(F)(F)F)cc12. The molecule has 1 aromatic heterocycles. The molecule has 0 amide bonds. The molecule has 0 aliphatic heterocycles. The normalized spacial score (nSPS) is 11.6. The van der Waals surface area contributed by atoms with Gasteiger partial charge in [-0.15, -0.1) is 0 Å². The molecule has 6 nitrogen and oxygen atoms in total. The summed E-state index contributed by atoms with van der Waals surface area (Å²) in [7, 11) is 0. The summed E-state index contributed by atoms with van der Waals surface area (Å²) >= 11 is 6.12. The minimum Gasteiger partial charge on any atom is -0.485 e. The Morgan fingerprint density at radius 2 is 1.97 bits per heavy atom. The number of H-pyrrole nitrogens is 1. The molecule has 10 heteroatoms. The molecule has 1 heterocycles. The third-order valence-electron chi connectivity index (χ3n) is 4.40. The number of nitrogens with one attached hydrogen (secondary N) is 2. The molecule has 0 atom stereocenters. The van der Waals surface area contributed by atoms with Crippen LogP contribution in [-0.2, 0) is 12.6 Å². The number of aliphatic hydroxyl groups is 1. The van der Waals surface area contributed by atoms with Gasteiger partial charge in [0, 0.05) is 45.6 Å². The summed E-state index contributed by atoms with van der Waals surface area (Å²) in [6, 6.07) is 7.40. The Morgan fingerprint density at radius 3 is 2.60 bits per heavy atom. The summed E-state index contributed by atoms with van der Waals surface area (Å²) in [5.74, 6) is -0.0836. The van der Waals surface area contributed by atoms with Gasteiger partial charge >= 0.3 is 6.18 Å². The Bertz CT molecular complexity index is 1180. The molecule has 0 unspecified atom stereocenters. The molecule has 2 aromatic carbocycles. The van der Waals surface area contributed by atoms with Crippen LogP contribution in [0.25, 0.3) is 22.0 Å². The predicted octanol–water partition coefficient (Wildman–Crippen LogP) is 3.72. The van der Waals surface area contributed by atoms with Crippen LogP contribution in [-0.4, -0.2) is 29.1 Å². The minimum atomic E-state index is -4.60. The van der Waals surface area contributed by atoms with E-state index in [2.05, 4.69) is 4.98 Å². The molecule has 0 aliphatic rings. The first-order chi connectivity index (χ1) is 14.1. The van der Waals surface area contributed by atoms with Crippen LogP contribution in [0.2, 0.25) is 5.02 Å². The number of fused-ring (bicyclic) bond motifs is 1. The number of halogens is 4. The lowest BCUT2D eigenvalue weighted by Gasteiger charge is -2.18. The third kappa shape index (κ3) is 4.42. The standard InChI is InChI=1S/C20H17ClF3N3O3/c21-11-2-4-16(30-9-17(25)26)14(8-11)18-12(5-6-28)19(29)27-15-3-1-10(7-13(15)18)20(22,23)24/h1-4,7-8,28H,5-6,9H2,(H3,25,26)(H,27,29). The van der Waals surface area contributed by atoms with Crippen molar-refractivity contribution in [3.05, 3.63) is 62.9 Å². The van der Waals surface area contributed by atoms with Crippen molar-refractivity contribution in [1.82, 2.24) is 4.98 Å². The molecular weight excluding hydrogens is 423 g/mol. The maximum absolute atomic E-state index is 13.3. The van der Waals surface area contributed by atoms with E-state index in [9.17, 15) is 23.1 Å². The molecule has 0 spiro atoms. The van der Waals surface area contributed by atoms with Crippen molar-refractivity contribution < 1.29 is 23.0 Å². The summed E-state index contributed by atoms with van der Waals surface area (Å²) in [6.07, 6.45) is -4.70. The van der Waals surface area contributed by atoms with Crippen LogP contribution in [0.4, 0.5) is 13.2 Å². The first-order valence-corrected chi connectivity index (χ1v) is 9.12. The Kier molecular flexibility index (Phi) is 6.04. The van der Waals surface area contributed by atoms with E-state index >= 15 is 0 Å². The van der Waals surface area contributed by atoms with Gasteiger partial charge in [0.05, 0.1) is 5.56 Å². The molecule has 0 bridgehead atoms. The number of nitrogens with two attached hydrogens (primary N) is 1. The molecule has 0 aliphatic carbocycles. The molecule has 0 fully saturated rings. The van der Waals surface area contributed by atoms with Crippen LogP contribution in [0.3, 0.4) is 0 Å². The highest BCUT2D eigenvalue weighted by molar-refractivity contribution is 6.31. The van der Waals surface area contributed by atoms with Crippen LogP contribution in [0.1, 0.15) is 11.1 Å². The van der Waals surface area contributed by atoms with Crippen LogP contribution in [0, 0.1) is 5.41 Å². The van der Waals surface area contributed by atoms with Gasteiger partial charge in [-0.25, -0.2) is 0 Å². The van der Waals surface area contributed by atoms with Gasteiger partial charge in [0.1, 0.15) is 18.2 Å². The Hall–Kier alpha value is -3.04. The van der Waals surface area contributed by atoms with Crippen molar-refractivity contribution in [2.75, 3.05) is 13.2 Å². The average Bonchev–Trinajstić information content (AvgIpc) is 2.66. The highest BCUT2D eigenvalue weighted by atomic mass is 35.5. The third-order valence-corrected chi connectivity index (χ3v) is 4.63. The molecule has 158 valence electrons. The number of rotatable bonds is 6. The number of aromatic amines is 1. The zero-order valence-electron chi connectivity index (χ0n) is 15.4. The number of hydrogen-bond donors (Lipinski definition) is 4. The summed E-state index contributed by atoms with van der Waals surface area (Å²) in [5, 5.41) is 17.2. The number of amidine groups is 1. The quantitative estimate of drug-likeness (QED) is 0.346. The number of alkyl halides is 3.